The molecular weight excluding hydrogens is 611 g/mol. The van der Waals surface area contributed by atoms with Crippen LogP contribution in [0.25, 0.3) is 10.9 Å². The molecule has 0 aliphatic rings. The number of rotatable bonds is 11. The van der Waals surface area contributed by atoms with Gasteiger partial charge in [-0.1, -0.05) is 51.3 Å². The fraction of sp³-hybridized carbons (Fsp3) is 0.185. The Morgan fingerprint density at radius 2 is 1.63 bits per heavy atom. The van der Waals surface area contributed by atoms with Gasteiger partial charge in [-0.3, -0.25) is 9.78 Å². The van der Waals surface area contributed by atoms with Crippen molar-refractivity contribution in [1.82, 2.24) is 14.6 Å². The molecule has 0 saturated heterocycles. The molecule has 4 aromatic rings. The largest absolute Gasteiger partial charge is 0.384 e. The summed E-state index contributed by atoms with van der Waals surface area (Å²) in [6.07, 6.45) is 2.35. The number of hydrogen-bond donors (Lipinski definition) is 2. The van der Waals surface area contributed by atoms with Crippen LogP contribution in [0.2, 0.25) is 10.0 Å². The number of nitrogens with zero attached hydrogens (tertiary/aromatic N) is 2. The molecule has 0 aliphatic carbocycles. The van der Waals surface area contributed by atoms with Gasteiger partial charge in [-0.15, -0.1) is 0 Å². The monoisotopic (exact) mass is 634 g/mol. The highest BCUT2D eigenvalue weighted by atomic mass is 79.9. The van der Waals surface area contributed by atoms with Crippen LogP contribution in [0.3, 0.4) is 0 Å². The summed E-state index contributed by atoms with van der Waals surface area (Å²) in [7, 11) is -3.94. The SMILES string of the molecule is O=C(CN(Cc1ccc(Br)cc1)S(=O)(=O)c1ccc(Cl)cc1)NCCCNc1ccnc2cc(Cl)ccc12. The van der Waals surface area contributed by atoms with Crippen molar-refractivity contribution in [3.05, 3.63) is 99.1 Å². The second kappa shape index (κ2) is 12.9. The Morgan fingerprint density at radius 3 is 2.37 bits per heavy atom. The predicted octanol–water partition coefficient (Wildman–Crippen LogP) is 6.11. The molecule has 2 N–H and O–H groups in total. The number of hydrogen-bond acceptors (Lipinski definition) is 5. The van der Waals surface area contributed by atoms with Gasteiger partial charge in [0, 0.05) is 51.4 Å². The van der Waals surface area contributed by atoms with E-state index >= 15 is 0 Å². The van der Waals surface area contributed by atoms with Crippen molar-refractivity contribution in [3.8, 4) is 0 Å². The Labute approximate surface area is 240 Å². The van der Waals surface area contributed by atoms with Gasteiger partial charge in [0.2, 0.25) is 15.9 Å². The Hall–Kier alpha value is -2.69. The first kappa shape index (κ1) is 28.3. The minimum atomic E-state index is -3.94. The van der Waals surface area contributed by atoms with Crippen LogP contribution >= 0.6 is 39.1 Å². The highest BCUT2D eigenvalue weighted by Gasteiger charge is 2.27. The lowest BCUT2D eigenvalue weighted by Crippen LogP contribution is -2.40. The molecule has 0 bridgehead atoms. The molecule has 7 nitrogen and oxygen atoms in total. The number of halogens is 3. The number of nitrogens with one attached hydrogen (secondary N) is 2. The zero-order valence-corrected chi connectivity index (χ0v) is 24.1. The highest BCUT2D eigenvalue weighted by Crippen LogP contribution is 2.24. The van der Waals surface area contributed by atoms with E-state index in [1.54, 1.807) is 12.3 Å². The number of fused-ring (bicyclic) bond motifs is 1. The minimum absolute atomic E-state index is 0.0480. The quantitative estimate of drug-likeness (QED) is 0.194. The molecule has 4 rings (SSSR count). The Kier molecular flexibility index (Phi) is 9.62. The van der Waals surface area contributed by atoms with Crippen LogP contribution < -0.4 is 10.6 Å². The molecule has 0 spiro atoms. The number of benzene rings is 3. The van der Waals surface area contributed by atoms with E-state index in [-0.39, 0.29) is 23.9 Å². The summed E-state index contributed by atoms with van der Waals surface area (Å²) in [6, 6.07) is 20.6. The van der Waals surface area contributed by atoms with E-state index in [9.17, 15) is 13.2 Å². The van der Waals surface area contributed by atoms with Crippen LogP contribution in [-0.4, -0.2) is 43.2 Å². The molecule has 11 heteroatoms. The van der Waals surface area contributed by atoms with E-state index in [2.05, 4.69) is 31.5 Å². The van der Waals surface area contributed by atoms with Gasteiger partial charge in [0.25, 0.3) is 0 Å². The molecule has 0 saturated carbocycles. The maximum atomic E-state index is 13.4. The highest BCUT2D eigenvalue weighted by molar-refractivity contribution is 9.10. The topological polar surface area (TPSA) is 91.4 Å². The average molecular weight is 636 g/mol. The average Bonchev–Trinajstić information content (AvgIpc) is 2.89. The lowest BCUT2D eigenvalue weighted by Gasteiger charge is -2.22. The minimum Gasteiger partial charge on any atom is -0.384 e. The summed E-state index contributed by atoms with van der Waals surface area (Å²) >= 11 is 15.4. The van der Waals surface area contributed by atoms with Crippen molar-refractivity contribution in [2.45, 2.75) is 17.9 Å². The fourth-order valence-corrected chi connectivity index (χ4v) is 5.75. The van der Waals surface area contributed by atoms with E-state index in [0.717, 1.165) is 26.6 Å². The number of pyridine rings is 1. The third-order valence-corrected chi connectivity index (χ3v) is 8.56. The second-order valence-corrected chi connectivity index (χ2v) is 12.2. The molecule has 0 radical (unpaired) electrons. The summed E-state index contributed by atoms with van der Waals surface area (Å²) < 4.78 is 28.8. The maximum absolute atomic E-state index is 13.4. The lowest BCUT2D eigenvalue weighted by molar-refractivity contribution is -0.121. The smallest absolute Gasteiger partial charge is 0.243 e. The molecule has 0 aliphatic heterocycles. The first-order chi connectivity index (χ1) is 18.2. The van der Waals surface area contributed by atoms with Crippen LogP contribution in [0.5, 0.6) is 0 Å². The predicted molar refractivity (Wildman–Crippen MR) is 156 cm³/mol. The molecular formula is C27H25BrCl2N4O3S. The summed E-state index contributed by atoms with van der Waals surface area (Å²) in [5, 5.41) is 8.19. The molecule has 0 atom stereocenters. The summed E-state index contributed by atoms with van der Waals surface area (Å²) in [5.41, 5.74) is 2.48. The molecule has 198 valence electrons. The van der Waals surface area contributed by atoms with Crippen LogP contribution in [-0.2, 0) is 21.4 Å². The molecule has 0 unspecified atom stereocenters. The third kappa shape index (κ3) is 7.45. The van der Waals surface area contributed by atoms with Crippen LogP contribution in [0.1, 0.15) is 12.0 Å². The Morgan fingerprint density at radius 1 is 0.921 bits per heavy atom. The van der Waals surface area contributed by atoms with E-state index in [1.165, 1.54) is 28.6 Å². The number of carbonyl (C=O) groups excluding carboxylic acids is 1. The molecule has 1 heterocycles. The van der Waals surface area contributed by atoms with E-state index in [1.807, 2.05) is 42.5 Å². The third-order valence-electron chi connectivity index (χ3n) is 5.74. The normalized spacial score (nSPS) is 11.6. The van der Waals surface area contributed by atoms with Crippen molar-refractivity contribution in [2.24, 2.45) is 0 Å². The first-order valence-electron chi connectivity index (χ1n) is 11.8. The van der Waals surface area contributed by atoms with Gasteiger partial charge < -0.3 is 10.6 Å². The van der Waals surface area contributed by atoms with Crippen LogP contribution in [0, 0.1) is 0 Å². The standard InChI is InChI=1S/C27H25BrCl2N4O3S/c28-20-4-2-19(3-5-20)17-34(38(36,37)23-9-6-21(29)7-10-23)18-27(35)33-14-1-13-31-25-12-15-32-26-16-22(30)8-11-24(25)26/h2-12,15-16H,1,13-14,17-18H2,(H,31,32)(H,33,35). The zero-order valence-electron chi connectivity index (χ0n) is 20.2. The van der Waals surface area contributed by atoms with Crippen molar-refractivity contribution >= 4 is 71.7 Å². The first-order valence-corrected chi connectivity index (χ1v) is 14.8. The number of anilines is 1. The van der Waals surface area contributed by atoms with Crippen molar-refractivity contribution in [1.29, 1.82) is 0 Å². The summed E-state index contributed by atoms with van der Waals surface area (Å²) in [4.78, 5) is 17.2. The van der Waals surface area contributed by atoms with Gasteiger partial charge in [-0.2, -0.15) is 4.31 Å². The molecule has 0 fully saturated rings. The zero-order chi connectivity index (χ0) is 27.1. The Bertz CT molecular complexity index is 1520. The maximum Gasteiger partial charge on any atom is 0.243 e. The molecule has 38 heavy (non-hydrogen) atoms. The second-order valence-electron chi connectivity index (χ2n) is 8.50. The van der Waals surface area contributed by atoms with Crippen LogP contribution in [0.15, 0.2) is 88.4 Å². The van der Waals surface area contributed by atoms with Crippen LogP contribution in [0.4, 0.5) is 5.69 Å². The molecule has 3 aromatic carbocycles. The number of amides is 1. The van der Waals surface area contributed by atoms with E-state index in [0.29, 0.717) is 29.6 Å². The Balaban J connectivity index is 1.36. The summed E-state index contributed by atoms with van der Waals surface area (Å²) in [6.45, 7) is 0.720. The number of aromatic nitrogens is 1. The van der Waals surface area contributed by atoms with Gasteiger partial charge >= 0.3 is 0 Å². The fourth-order valence-electron chi connectivity index (χ4n) is 3.81. The molecule has 1 aromatic heterocycles. The van der Waals surface area contributed by atoms with Gasteiger partial charge in [-0.05, 0) is 72.6 Å². The van der Waals surface area contributed by atoms with E-state index in [4.69, 9.17) is 23.2 Å². The number of sulfonamides is 1. The van der Waals surface area contributed by atoms with Gasteiger partial charge in [0.15, 0.2) is 0 Å². The lowest BCUT2D eigenvalue weighted by atomic mass is 10.2. The van der Waals surface area contributed by atoms with Crippen molar-refractivity contribution in [3.63, 3.8) is 0 Å². The van der Waals surface area contributed by atoms with Crippen molar-refractivity contribution in [2.75, 3.05) is 25.0 Å². The van der Waals surface area contributed by atoms with E-state index < -0.39 is 10.0 Å². The molecule has 1 amide bonds. The van der Waals surface area contributed by atoms with Crippen molar-refractivity contribution < 1.29 is 13.2 Å². The van der Waals surface area contributed by atoms with Gasteiger partial charge in [0.05, 0.1) is 17.0 Å². The van der Waals surface area contributed by atoms with Gasteiger partial charge in [0.1, 0.15) is 0 Å². The number of carbonyl (C=O) groups is 1. The summed E-state index contributed by atoms with van der Waals surface area (Å²) in [5.74, 6) is -0.386. The van der Waals surface area contributed by atoms with Gasteiger partial charge in [-0.25, -0.2) is 8.42 Å².